The molecule has 1 amide bonds. The SMILES string of the molecule is CNC(=O)CC(=O)c1cccs1.Cl. The molecule has 1 heterocycles. The number of halogens is 1. The van der Waals surface area contributed by atoms with Gasteiger partial charge >= 0.3 is 0 Å². The standard InChI is InChI=1S/C8H9NO2S.ClH/c1-9-8(11)5-6(10)7-3-2-4-12-7;/h2-4H,5H2,1H3,(H,9,11);1H. The van der Waals surface area contributed by atoms with E-state index in [1.54, 1.807) is 12.1 Å². The molecule has 0 fully saturated rings. The van der Waals surface area contributed by atoms with E-state index in [0.717, 1.165) is 0 Å². The maximum atomic E-state index is 11.2. The van der Waals surface area contributed by atoms with Gasteiger partial charge in [0.15, 0.2) is 5.78 Å². The Bertz CT molecular complexity index is 284. The van der Waals surface area contributed by atoms with Crippen LogP contribution in [-0.4, -0.2) is 18.7 Å². The summed E-state index contributed by atoms with van der Waals surface area (Å²) in [5, 5.41) is 4.22. The smallest absolute Gasteiger partial charge is 0.227 e. The Morgan fingerprint density at radius 1 is 1.54 bits per heavy atom. The molecular weight excluding hydrogens is 210 g/mol. The molecule has 1 rings (SSSR count). The fourth-order valence-electron chi connectivity index (χ4n) is 0.759. The van der Waals surface area contributed by atoms with Gasteiger partial charge in [-0.15, -0.1) is 23.7 Å². The second-order valence-electron chi connectivity index (χ2n) is 2.25. The van der Waals surface area contributed by atoms with Gasteiger partial charge in [-0.1, -0.05) is 6.07 Å². The summed E-state index contributed by atoms with van der Waals surface area (Å²) in [6.07, 6.45) is -0.0585. The Kier molecular flexibility index (Phi) is 5.34. The number of rotatable bonds is 3. The average Bonchev–Trinajstić information content (AvgIpc) is 2.56. The predicted molar refractivity (Wildman–Crippen MR) is 54.6 cm³/mol. The van der Waals surface area contributed by atoms with Gasteiger partial charge in [-0.05, 0) is 11.4 Å². The summed E-state index contributed by atoms with van der Waals surface area (Å²) >= 11 is 1.35. The minimum atomic E-state index is -0.242. The van der Waals surface area contributed by atoms with Crippen LogP contribution in [0.4, 0.5) is 0 Å². The molecule has 0 aromatic carbocycles. The molecule has 0 spiro atoms. The van der Waals surface area contributed by atoms with Crippen molar-refractivity contribution < 1.29 is 9.59 Å². The van der Waals surface area contributed by atoms with Crippen LogP contribution in [0.25, 0.3) is 0 Å². The molecule has 0 radical (unpaired) electrons. The van der Waals surface area contributed by atoms with Crippen LogP contribution in [0.5, 0.6) is 0 Å². The quantitative estimate of drug-likeness (QED) is 0.619. The third kappa shape index (κ3) is 3.57. The first-order valence-electron chi connectivity index (χ1n) is 3.51. The number of nitrogens with one attached hydrogen (secondary N) is 1. The van der Waals surface area contributed by atoms with E-state index in [1.807, 2.05) is 5.38 Å². The summed E-state index contributed by atoms with van der Waals surface area (Å²) < 4.78 is 0. The van der Waals surface area contributed by atoms with E-state index in [2.05, 4.69) is 5.32 Å². The lowest BCUT2D eigenvalue weighted by atomic mass is 10.2. The summed E-state index contributed by atoms with van der Waals surface area (Å²) in [6, 6.07) is 3.51. The van der Waals surface area contributed by atoms with Crippen molar-refractivity contribution in [1.29, 1.82) is 0 Å². The zero-order chi connectivity index (χ0) is 8.97. The zero-order valence-electron chi connectivity index (χ0n) is 7.07. The van der Waals surface area contributed by atoms with Crippen molar-refractivity contribution in [2.45, 2.75) is 6.42 Å². The minimum Gasteiger partial charge on any atom is -0.359 e. The molecule has 0 saturated carbocycles. The van der Waals surface area contributed by atoms with Gasteiger partial charge in [-0.2, -0.15) is 0 Å². The Morgan fingerprint density at radius 2 is 2.23 bits per heavy atom. The van der Waals surface area contributed by atoms with Crippen LogP contribution in [0.2, 0.25) is 0 Å². The maximum absolute atomic E-state index is 11.2. The maximum Gasteiger partial charge on any atom is 0.227 e. The molecule has 0 bridgehead atoms. The highest BCUT2D eigenvalue weighted by Gasteiger charge is 2.10. The van der Waals surface area contributed by atoms with Crippen LogP contribution >= 0.6 is 23.7 Å². The highest BCUT2D eigenvalue weighted by molar-refractivity contribution is 7.12. The highest BCUT2D eigenvalue weighted by Crippen LogP contribution is 2.10. The lowest BCUT2D eigenvalue weighted by Gasteiger charge is -1.95. The Hall–Kier alpha value is -0.870. The third-order valence-corrected chi connectivity index (χ3v) is 2.31. The Balaban J connectivity index is 0.00000144. The second kappa shape index (κ2) is 5.72. The van der Waals surface area contributed by atoms with Gasteiger partial charge in [0.1, 0.15) is 0 Å². The van der Waals surface area contributed by atoms with Crippen molar-refractivity contribution in [1.82, 2.24) is 5.32 Å². The van der Waals surface area contributed by atoms with E-state index in [-0.39, 0.29) is 30.5 Å². The molecule has 5 heteroatoms. The molecule has 0 atom stereocenters. The van der Waals surface area contributed by atoms with Crippen molar-refractivity contribution in [2.75, 3.05) is 7.05 Å². The van der Waals surface area contributed by atoms with Crippen molar-refractivity contribution in [3.8, 4) is 0 Å². The fraction of sp³-hybridized carbons (Fsp3) is 0.250. The third-order valence-electron chi connectivity index (χ3n) is 1.40. The first-order chi connectivity index (χ1) is 5.74. The second-order valence-corrected chi connectivity index (χ2v) is 3.20. The largest absolute Gasteiger partial charge is 0.359 e. The molecule has 1 aromatic rings. The van der Waals surface area contributed by atoms with Gasteiger partial charge in [0.2, 0.25) is 5.91 Å². The van der Waals surface area contributed by atoms with Gasteiger partial charge < -0.3 is 5.32 Å². The molecule has 0 unspecified atom stereocenters. The fourth-order valence-corrected chi connectivity index (χ4v) is 1.42. The van der Waals surface area contributed by atoms with Crippen LogP contribution in [0.1, 0.15) is 16.1 Å². The lowest BCUT2D eigenvalue weighted by Crippen LogP contribution is -2.20. The van der Waals surface area contributed by atoms with Gasteiger partial charge in [0, 0.05) is 7.05 Å². The Morgan fingerprint density at radius 3 is 2.69 bits per heavy atom. The van der Waals surface area contributed by atoms with Gasteiger partial charge in [0.05, 0.1) is 11.3 Å². The number of carbonyl (C=O) groups is 2. The first kappa shape index (κ1) is 12.1. The van der Waals surface area contributed by atoms with Crippen molar-refractivity contribution in [2.24, 2.45) is 0 Å². The van der Waals surface area contributed by atoms with Gasteiger partial charge in [-0.3, -0.25) is 9.59 Å². The van der Waals surface area contributed by atoms with Crippen LogP contribution in [-0.2, 0) is 4.79 Å². The van der Waals surface area contributed by atoms with E-state index >= 15 is 0 Å². The first-order valence-corrected chi connectivity index (χ1v) is 4.39. The number of ketones is 1. The summed E-state index contributed by atoms with van der Waals surface area (Å²) in [5.74, 6) is -0.363. The predicted octanol–water partition coefficient (Wildman–Crippen LogP) is 1.49. The highest BCUT2D eigenvalue weighted by atomic mass is 35.5. The molecule has 0 saturated heterocycles. The molecule has 1 N–H and O–H groups in total. The summed E-state index contributed by atoms with van der Waals surface area (Å²) in [6.45, 7) is 0. The van der Waals surface area contributed by atoms with Crippen LogP contribution < -0.4 is 5.32 Å². The molecule has 0 aliphatic rings. The van der Waals surface area contributed by atoms with Crippen molar-refractivity contribution >= 4 is 35.4 Å². The van der Waals surface area contributed by atoms with E-state index < -0.39 is 0 Å². The van der Waals surface area contributed by atoms with Crippen LogP contribution in [0, 0.1) is 0 Å². The average molecular weight is 220 g/mol. The molecule has 13 heavy (non-hydrogen) atoms. The molecule has 1 aromatic heterocycles. The monoisotopic (exact) mass is 219 g/mol. The molecule has 0 aliphatic heterocycles. The van der Waals surface area contributed by atoms with Gasteiger partial charge in [0.25, 0.3) is 0 Å². The molecule has 72 valence electrons. The molecule has 0 aliphatic carbocycles. The number of hydrogen-bond donors (Lipinski definition) is 1. The molecular formula is C8H10ClNO2S. The number of Topliss-reactive ketones (excluding diaryl/α,β-unsaturated/α-hetero) is 1. The summed E-state index contributed by atoms with van der Waals surface area (Å²) in [4.78, 5) is 22.7. The summed E-state index contributed by atoms with van der Waals surface area (Å²) in [5.41, 5.74) is 0. The van der Waals surface area contributed by atoms with E-state index in [4.69, 9.17) is 0 Å². The molecule has 3 nitrogen and oxygen atoms in total. The van der Waals surface area contributed by atoms with Crippen molar-refractivity contribution in [3.63, 3.8) is 0 Å². The van der Waals surface area contributed by atoms with E-state index in [9.17, 15) is 9.59 Å². The Labute approximate surface area is 86.6 Å². The number of hydrogen-bond acceptors (Lipinski definition) is 3. The topological polar surface area (TPSA) is 46.2 Å². The van der Waals surface area contributed by atoms with Crippen LogP contribution in [0.15, 0.2) is 17.5 Å². The van der Waals surface area contributed by atoms with Crippen LogP contribution in [0.3, 0.4) is 0 Å². The van der Waals surface area contributed by atoms with Gasteiger partial charge in [-0.25, -0.2) is 0 Å². The number of thiophene rings is 1. The number of amides is 1. The minimum absolute atomic E-state index is 0. The van der Waals surface area contributed by atoms with E-state index in [0.29, 0.717) is 4.88 Å². The van der Waals surface area contributed by atoms with Crippen molar-refractivity contribution in [3.05, 3.63) is 22.4 Å². The number of carbonyl (C=O) groups excluding carboxylic acids is 2. The van der Waals surface area contributed by atoms with E-state index in [1.165, 1.54) is 18.4 Å². The zero-order valence-corrected chi connectivity index (χ0v) is 8.71. The normalized spacial score (nSPS) is 8.69. The lowest BCUT2D eigenvalue weighted by molar-refractivity contribution is -0.119. The summed E-state index contributed by atoms with van der Waals surface area (Å²) in [7, 11) is 1.52.